The Bertz CT molecular complexity index is 1480. The Hall–Kier alpha value is -3.83. The molecular weight excluding hydrogens is 477 g/mol. The third-order valence-electron chi connectivity index (χ3n) is 6.71. The van der Waals surface area contributed by atoms with E-state index in [9.17, 15) is 9.90 Å². The molecule has 0 fully saturated rings. The van der Waals surface area contributed by atoms with E-state index in [0.29, 0.717) is 35.1 Å². The van der Waals surface area contributed by atoms with E-state index < -0.39 is 5.97 Å². The number of carboxylic acids is 1. The lowest BCUT2D eigenvalue weighted by atomic mass is 9.80. The Morgan fingerprint density at radius 1 is 1.00 bits per heavy atom. The Morgan fingerprint density at radius 3 is 2.53 bits per heavy atom. The Balaban J connectivity index is 1.75. The van der Waals surface area contributed by atoms with Crippen molar-refractivity contribution >= 4 is 23.3 Å². The van der Waals surface area contributed by atoms with Crippen LogP contribution < -0.4 is 10.1 Å². The van der Waals surface area contributed by atoms with Gasteiger partial charge in [0.05, 0.1) is 6.42 Å². The van der Waals surface area contributed by atoms with Gasteiger partial charge in [0.15, 0.2) is 0 Å². The van der Waals surface area contributed by atoms with Crippen molar-refractivity contribution in [2.75, 3.05) is 5.32 Å². The number of benzene rings is 4. The molecule has 0 spiro atoms. The number of carboxylic acid groups (broad SMARTS) is 1. The van der Waals surface area contributed by atoms with Crippen LogP contribution in [-0.2, 0) is 24.4 Å². The van der Waals surface area contributed by atoms with Gasteiger partial charge in [-0.2, -0.15) is 0 Å². The number of anilines is 1. The topological polar surface area (TPSA) is 58.6 Å². The average Bonchev–Trinajstić information content (AvgIpc) is 2.86. The van der Waals surface area contributed by atoms with Gasteiger partial charge in [-0.05, 0) is 71.5 Å². The molecule has 6 heteroatoms. The molecule has 0 unspecified atom stereocenters. The van der Waals surface area contributed by atoms with Crippen LogP contribution in [0.15, 0.2) is 66.7 Å². The number of ether oxygens (including phenoxy) is 1. The SMILES string of the molecule is Cc1c(CC(=O)O)c(-c2ccc(Cl)cc2OCc2ccccc2)c(C)c2c1NCc1cccc(F)c1-2. The molecule has 4 nitrogen and oxygen atoms in total. The van der Waals surface area contributed by atoms with Gasteiger partial charge in [0.1, 0.15) is 18.2 Å². The molecule has 2 N–H and O–H groups in total. The van der Waals surface area contributed by atoms with Crippen LogP contribution in [0.1, 0.15) is 27.8 Å². The minimum absolute atomic E-state index is 0.179. The zero-order valence-electron chi connectivity index (χ0n) is 20.0. The minimum atomic E-state index is -0.943. The van der Waals surface area contributed by atoms with Crippen molar-refractivity contribution in [2.24, 2.45) is 0 Å². The highest BCUT2D eigenvalue weighted by molar-refractivity contribution is 6.30. The van der Waals surface area contributed by atoms with Crippen molar-refractivity contribution in [1.29, 1.82) is 0 Å². The molecule has 0 radical (unpaired) electrons. The molecule has 0 amide bonds. The van der Waals surface area contributed by atoms with Crippen LogP contribution in [0.25, 0.3) is 22.3 Å². The maximum absolute atomic E-state index is 15.2. The molecule has 1 aliphatic rings. The lowest BCUT2D eigenvalue weighted by Gasteiger charge is -2.30. The second kappa shape index (κ2) is 9.67. The number of carbonyl (C=O) groups is 1. The van der Waals surface area contributed by atoms with Crippen molar-refractivity contribution in [3.8, 4) is 28.0 Å². The molecule has 36 heavy (non-hydrogen) atoms. The molecule has 0 saturated heterocycles. The van der Waals surface area contributed by atoms with Gasteiger partial charge in [-0.3, -0.25) is 4.79 Å². The van der Waals surface area contributed by atoms with Gasteiger partial charge in [-0.25, -0.2) is 4.39 Å². The summed E-state index contributed by atoms with van der Waals surface area (Å²) in [7, 11) is 0. The van der Waals surface area contributed by atoms with Crippen LogP contribution in [0.3, 0.4) is 0 Å². The first-order valence-corrected chi connectivity index (χ1v) is 12.1. The van der Waals surface area contributed by atoms with E-state index in [0.717, 1.165) is 44.6 Å². The van der Waals surface area contributed by atoms with Crippen molar-refractivity contribution in [1.82, 2.24) is 0 Å². The smallest absolute Gasteiger partial charge is 0.307 e. The molecule has 4 aromatic carbocycles. The van der Waals surface area contributed by atoms with Crippen LogP contribution in [-0.4, -0.2) is 11.1 Å². The third-order valence-corrected chi connectivity index (χ3v) is 6.95. The van der Waals surface area contributed by atoms with Gasteiger partial charge in [0.25, 0.3) is 0 Å². The first-order chi connectivity index (χ1) is 17.3. The maximum atomic E-state index is 15.2. The summed E-state index contributed by atoms with van der Waals surface area (Å²) in [6.45, 7) is 4.60. The summed E-state index contributed by atoms with van der Waals surface area (Å²) >= 11 is 6.35. The molecule has 182 valence electrons. The molecule has 0 aliphatic carbocycles. The summed E-state index contributed by atoms with van der Waals surface area (Å²) in [6, 6.07) is 20.2. The standard InChI is InChI=1S/C30H25ClFNO3/c1-17-23(14-26(34)35)27(18(2)28-29-20(15-33-30(17)28)9-6-10-24(29)32)22-12-11-21(31)13-25(22)36-16-19-7-4-3-5-8-19/h3-13,33H,14-16H2,1-2H3,(H,34,35). The summed E-state index contributed by atoms with van der Waals surface area (Å²) in [5, 5.41) is 13.7. The fraction of sp³-hybridized carbons (Fsp3) is 0.167. The molecule has 5 rings (SSSR count). The van der Waals surface area contributed by atoms with Gasteiger partial charge in [-0.1, -0.05) is 54.1 Å². The Labute approximate surface area is 214 Å². The van der Waals surface area contributed by atoms with E-state index in [1.165, 1.54) is 6.07 Å². The van der Waals surface area contributed by atoms with E-state index in [-0.39, 0.29) is 12.2 Å². The molecule has 4 aromatic rings. The zero-order valence-corrected chi connectivity index (χ0v) is 20.7. The van der Waals surface area contributed by atoms with Gasteiger partial charge in [0.2, 0.25) is 0 Å². The third kappa shape index (κ3) is 4.31. The quantitative estimate of drug-likeness (QED) is 0.286. The largest absolute Gasteiger partial charge is 0.488 e. The monoisotopic (exact) mass is 501 g/mol. The Morgan fingerprint density at radius 2 is 1.78 bits per heavy atom. The van der Waals surface area contributed by atoms with Gasteiger partial charge >= 0.3 is 5.97 Å². The summed E-state index contributed by atoms with van der Waals surface area (Å²) in [5.74, 6) is -0.703. The van der Waals surface area contributed by atoms with Crippen LogP contribution in [0.2, 0.25) is 5.02 Å². The van der Waals surface area contributed by atoms with Crippen LogP contribution >= 0.6 is 11.6 Å². The molecule has 0 aromatic heterocycles. The maximum Gasteiger partial charge on any atom is 0.307 e. The summed E-state index contributed by atoms with van der Waals surface area (Å²) < 4.78 is 21.4. The number of rotatable bonds is 6. The first-order valence-electron chi connectivity index (χ1n) is 11.7. The second-order valence-corrected chi connectivity index (χ2v) is 9.40. The van der Waals surface area contributed by atoms with Gasteiger partial charge in [-0.15, -0.1) is 0 Å². The number of aliphatic carboxylic acids is 1. The predicted octanol–water partition coefficient (Wildman–Crippen LogP) is 7.56. The van der Waals surface area contributed by atoms with Gasteiger partial charge in [0, 0.05) is 33.9 Å². The fourth-order valence-electron chi connectivity index (χ4n) is 5.07. The minimum Gasteiger partial charge on any atom is -0.488 e. The summed E-state index contributed by atoms with van der Waals surface area (Å²) in [4.78, 5) is 12.0. The molecule has 1 aliphatic heterocycles. The Kier molecular flexibility index (Phi) is 6.42. The van der Waals surface area contributed by atoms with Crippen molar-refractivity contribution < 1.29 is 19.0 Å². The van der Waals surface area contributed by atoms with E-state index >= 15 is 4.39 Å². The normalized spacial score (nSPS) is 11.9. The number of hydrogen-bond donors (Lipinski definition) is 2. The molecule has 0 atom stereocenters. The van der Waals surface area contributed by atoms with E-state index in [4.69, 9.17) is 16.3 Å². The van der Waals surface area contributed by atoms with Crippen molar-refractivity contribution in [3.63, 3.8) is 0 Å². The van der Waals surface area contributed by atoms with E-state index in [1.54, 1.807) is 18.2 Å². The van der Waals surface area contributed by atoms with Crippen LogP contribution in [0.5, 0.6) is 5.75 Å². The van der Waals surface area contributed by atoms with E-state index in [2.05, 4.69) is 5.32 Å². The summed E-state index contributed by atoms with van der Waals surface area (Å²) in [6.07, 6.45) is -0.179. The first kappa shape index (κ1) is 23.9. The van der Waals surface area contributed by atoms with Crippen molar-refractivity contribution in [2.45, 2.75) is 33.4 Å². The highest BCUT2D eigenvalue weighted by Gasteiger charge is 2.29. The average molecular weight is 502 g/mol. The molecule has 0 saturated carbocycles. The van der Waals surface area contributed by atoms with Crippen molar-refractivity contribution in [3.05, 3.63) is 105 Å². The fourth-order valence-corrected chi connectivity index (χ4v) is 5.23. The van der Waals surface area contributed by atoms with Crippen LogP contribution in [0, 0.1) is 19.7 Å². The molecular formula is C30H25ClFNO3. The lowest BCUT2D eigenvalue weighted by Crippen LogP contribution is -2.16. The second-order valence-electron chi connectivity index (χ2n) is 8.97. The van der Waals surface area contributed by atoms with Crippen LogP contribution in [0.4, 0.5) is 10.1 Å². The predicted molar refractivity (Wildman–Crippen MR) is 141 cm³/mol. The number of hydrogen-bond acceptors (Lipinski definition) is 3. The highest BCUT2D eigenvalue weighted by atomic mass is 35.5. The van der Waals surface area contributed by atoms with E-state index in [1.807, 2.05) is 56.3 Å². The molecule has 1 heterocycles. The lowest BCUT2D eigenvalue weighted by molar-refractivity contribution is -0.136. The highest BCUT2D eigenvalue weighted by Crippen LogP contribution is 2.49. The number of halogens is 2. The summed E-state index contributed by atoms with van der Waals surface area (Å²) in [5.41, 5.74) is 7.61. The number of fused-ring (bicyclic) bond motifs is 3. The van der Waals surface area contributed by atoms with Gasteiger partial charge < -0.3 is 15.2 Å². The number of nitrogens with one attached hydrogen (secondary N) is 1. The zero-order chi connectivity index (χ0) is 25.4. The molecule has 0 bridgehead atoms.